The summed E-state index contributed by atoms with van der Waals surface area (Å²) in [5.74, 6) is -0.343. The summed E-state index contributed by atoms with van der Waals surface area (Å²) in [6.07, 6.45) is 0. The van der Waals surface area contributed by atoms with Crippen molar-refractivity contribution in [2.24, 2.45) is 0 Å². The first-order valence-electron chi connectivity index (χ1n) is 7.87. The van der Waals surface area contributed by atoms with Crippen LogP contribution in [0.1, 0.15) is 29.1 Å². The maximum Gasteiger partial charge on any atom is 0.254 e. The fourth-order valence-corrected chi connectivity index (χ4v) is 2.88. The lowest BCUT2D eigenvalue weighted by Gasteiger charge is -2.18. The highest BCUT2D eigenvalue weighted by Crippen LogP contribution is 2.13. The van der Waals surface area contributed by atoms with Crippen LogP contribution >= 0.6 is 11.3 Å². The van der Waals surface area contributed by atoms with Crippen LogP contribution in [-0.4, -0.2) is 36.3 Å². The second-order valence-corrected chi connectivity index (χ2v) is 6.93. The number of carbonyl (C=O) groups is 2. The zero-order chi connectivity index (χ0) is 17.5. The Bertz CT molecular complexity index is 683. The standard InChI is InChI=1S/C18H23N3O2S/c1-13(2)20-15-7-4-6-14(10-15)18(23)21(3)12-17(22)19-11-16-8-5-9-24-16/h4-10,13,20H,11-12H2,1-3H3,(H,19,22). The van der Waals surface area contributed by atoms with E-state index in [1.165, 1.54) is 4.90 Å². The summed E-state index contributed by atoms with van der Waals surface area (Å²) in [4.78, 5) is 27.0. The number of nitrogens with zero attached hydrogens (tertiary/aromatic N) is 1. The number of carbonyl (C=O) groups excluding carboxylic acids is 2. The molecule has 6 heteroatoms. The van der Waals surface area contributed by atoms with Crippen LogP contribution < -0.4 is 10.6 Å². The van der Waals surface area contributed by atoms with Gasteiger partial charge in [-0.25, -0.2) is 0 Å². The van der Waals surface area contributed by atoms with Crippen LogP contribution in [0.15, 0.2) is 41.8 Å². The fourth-order valence-electron chi connectivity index (χ4n) is 2.24. The van der Waals surface area contributed by atoms with Gasteiger partial charge in [-0.2, -0.15) is 0 Å². The van der Waals surface area contributed by atoms with Crippen molar-refractivity contribution in [2.75, 3.05) is 18.9 Å². The minimum absolute atomic E-state index is 0.0338. The van der Waals surface area contributed by atoms with Crippen molar-refractivity contribution in [1.82, 2.24) is 10.2 Å². The third kappa shape index (κ3) is 5.38. The Morgan fingerprint density at radius 3 is 2.67 bits per heavy atom. The third-order valence-electron chi connectivity index (χ3n) is 3.33. The number of amides is 2. The highest BCUT2D eigenvalue weighted by molar-refractivity contribution is 7.09. The van der Waals surface area contributed by atoms with E-state index in [1.807, 2.05) is 49.6 Å². The van der Waals surface area contributed by atoms with Gasteiger partial charge in [-0.1, -0.05) is 12.1 Å². The van der Waals surface area contributed by atoms with Crippen molar-refractivity contribution >= 4 is 28.8 Å². The number of anilines is 1. The van der Waals surface area contributed by atoms with Crippen molar-refractivity contribution in [3.8, 4) is 0 Å². The molecule has 0 aliphatic rings. The maximum absolute atomic E-state index is 12.5. The summed E-state index contributed by atoms with van der Waals surface area (Å²) in [6, 6.07) is 11.5. The molecule has 2 N–H and O–H groups in total. The maximum atomic E-state index is 12.5. The summed E-state index contributed by atoms with van der Waals surface area (Å²) in [5.41, 5.74) is 1.46. The molecule has 24 heavy (non-hydrogen) atoms. The van der Waals surface area contributed by atoms with Gasteiger partial charge in [-0.3, -0.25) is 9.59 Å². The van der Waals surface area contributed by atoms with E-state index in [9.17, 15) is 9.59 Å². The van der Waals surface area contributed by atoms with E-state index in [2.05, 4.69) is 10.6 Å². The minimum atomic E-state index is -0.173. The lowest BCUT2D eigenvalue weighted by Crippen LogP contribution is -2.38. The van der Waals surface area contributed by atoms with Gasteiger partial charge in [0.1, 0.15) is 0 Å². The molecule has 0 fully saturated rings. The van der Waals surface area contributed by atoms with Crippen LogP contribution in [0.5, 0.6) is 0 Å². The minimum Gasteiger partial charge on any atom is -0.383 e. The monoisotopic (exact) mass is 345 g/mol. The first-order chi connectivity index (χ1) is 11.5. The predicted octanol–water partition coefficient (Wildman–Crippen LogP) is 2.96. The van der Waals surface area contributed by atoms with E-state index in [0.29, 0.717) is 12.1 Å². The van der Waals surface area contributed by atoms with Gasteiger partial charge in [0.2, 0.25) is 5.91 Å². The van der Waals surface area contributed by atoms with Gasteiger partial charge >= 0.3 is 0 Å². The number of hydrogen-bond acceptors (Lipinski definition) is 4. The Hall–Kier alpha value is -2.34. The second kappa shape index (κ2) is 8.49. The first kappa shape index (κ1) is 18.0. The zero-order valence-corrected chi connectivity index (χ0v) is 15.0. The molecule has 0 aliphatic carbocycles. The molecule has 2 amide bonds. The molecule has 5 nitrogen and oxygen atoms in total. The SMILES string of the molecule is CC(C)Nc1cccc(C(=O)N(C)CC(=O)NCc2cccs2)c1. The molecule has 0 aliphatic heterocycles. The topological polar surface area (TPSA) is 61.4 Å². The first-order valence-corrected chi connectivity index (χ1v) is 8.75. The van der Waals surface area contributed by atoms with Crippen LogP contribution in [0.2, 0.25) is 0 Å². The molecule has 2 rings (SSSR count). The summed E-state index contributed by atoms with van der Waals surface area (Å²) in [5, 5.41) is 8.06. The molecule has 1 aromatic carbocycles. The van der Waals surface area contributed by atoms with E-state index in [-0.39, 0.29) is 24.4 Å². The molecule has 0 bridgehead atoms. The van der Waals surface area contributed by atoms with E-state index in [4.69, 9.17) is 0 Å². The molecule has 0 spiro atoms. The normalized spacial score (nSPS) is 10.5. The van der Waals surface area contributed by atoms with Crippen LogP contribution in [0.4, 0.5) is 5.69 Å². The third-order valence-corrected chi connectivity index (χ3v) is 4.21. The van der Waals surface area contributed by atoms with Gasteiger partial charge in [0, 0.05) is 29.2 Å². The smallest absolute Gasteiger partial charge is 0.254 e. The Labute approximate surface area is 146 Å². The Balaban J connectivity index is 1.90. The zero-order valence-electron chi connectivity index (χ0n) is 14.2. The summed E-state index contributed by atoms with van der Waals surface area (Å²) in [7, 11) is 1.63. The summed E-state index contributed by atoms with van der Waals surface area (Å²) < 4.78 is 0. The highest BCUT2D eigenvalue weighted by Gasteiger charge is 2.15. The molecule has 0 atom stereocenters. The van der Waals surface area contributed by atoms with E-state index in [1.54, 1.807) is 24.5 Å². The Kier molecular flexibility index (Phi) is 6.37. The van der Waals surface area contributed by atoms with Crippen molar-refractivity contribution in [2.45, 2.75) is 26.4 Å². The molecule has 0 radical (unpaired) electrons. The van der Waals surface area contributed by atoms with Crippen LogP contribution in [0.3, 0.4) is 0 Å². The van der Waals surface area contributed by atoms with Gasteiger partial charge in [-0.05, 0) is 43.5 Å². The number of hydrogen-bond donors (Lipinski definition) is 2. The van der Waals surface area contributed by atoms with Gasteiger partial charge < -0.3 is 15.5 Å². The number of nitrogens with one attached hydrogen (secondary N) is 2. The lowest BCUT2D eigenvalue weighted by atomic mass is 10.1. The van der Waals surface area contributed by atoms with Crippen LogP contribution in [0.25, 0.3) is 0 Å². The molecular formula is C18H23N3O2S. The molecule has 1 aromatic heterocycles. The number of thiophene rings is 1. The van der Waals surface area contributed by atoms with Gasteiger partial charge in [0.05, 0.1) is 13.1 Å². The molecule has 128 valence electrons. The van der Waals surface area contributed by atoms with Gasteiger partial charge in [-0.15, -0.1) is 11.3 Å². The molecular weight excluding hydrogens is 322 g/mol. The molecule has 0 saturated carbocycles. The summed E-state index contributed by atoms with van der Waals surface area (Å²) in [6.45, 7) is 4.61. The fraction of sp³-hybridized carbons (Fsp3) is 0.333. The van der Waals surface area contributed by atoms with Crippen molar-refractivity contribution in [1.29, 1.82) is 0 Å². The van der Waals surface area contributed by atoms with Gasteiger partial charge in [0.15, 0.2) is 0 Å². The quantitative estimate of drug-likeness (QED) is 0.811. The predicted molar refractivity (Wildman–Crippen MR) is 98.3 cm³/mol. The van der Waals surface area contributed by atoms with Crippen molar-refractivity contribution < 1.29 is 9.59 Å². The molecule has 1 heterocycles. The van der Waals surface area contributed by atoms with E-state index < -0.39 is 0 Å². The van der Waals surface area contributed by atoms with Crippen molar-refractivity contribution in [3.05, 3.63) is 52.2 Å². The van der Waals surface area contributed by atoms with Crippen molar-refractivity contribution in [3.63, 3.8) is 0 Å². The number of rotatable bonds is 7. The summed E-state index contributed by atoms with van der Waals surface area (Å²) >= 11 is 1.59. The Morgan fingerprint density at radius 2 is 2.00 bits per heavy atom. The number of likely N-dealkylation sites (N-methyl/N-ethyl adjacent to an activating group) is 1. The Morgan fingerprint density at radius 1 is 1.21 bits per heavy atom. The largest absolute Gasteiger partial charge is 0.383 e. The molecule has 2 aromatic rings. The average Bonchev–Trinajstić information content (AvgIpc) is 3.05. The lowest BCUT2D eigenvalue weighted by molar-refractivity contribution is -0.121. The van der Waals surface area contributed by atoms with Crippen LogP contribution in [-0.2, 0) is 11.3 Å². The van der Waals surface area contributed by atoms with Crippen LogP contribution in [0, 0.1) is 0 Å². The van der Waals surface area contributed by atoms with E-state index in [0.717, 1.165) is 10.6 Å². The molecule has 0 saturated heterocycles. The number of benzene rings is 1. The van der Waals surface area contributed by atoms with Gasteiger partial charge in [0.25, 0.3) is 5.91 Å². The molecule has 0 unspecified atom stereocenters. The average molecular weight is 345 g/mol. The second-order valence-electron chi connectivity index (χ2n) is 5.90. The highest BCUT2D eigenvalue weighted by atomic mass is 32.1. The van der Waals surface area contributed by atoms with E-state index >= 15 is 0 Å².